The van der Waals surface area contributed by atoms with Crippen LogP contribution in [-0.2, 0) is 25.2 Å². The number of hydrogen-bond acceptors (Lipinski definition) is 9. The number of hydrogen-bond donors (Lipinski definition) is 1. The van der Waals surface area contributed by atoms with E-state index in [1.807, 2.05) is 0 Å². The average Bonchev–Trinajstić information content (AvgIpc) is 3.74. The van der Waals surface area contributed by atoms with E-state index in [1.165, 1.54) is 64.5 Å². The first-order valence-corrected chi connectivity index (χ1v) is 15.7. The molecule has 6 aromatic rings. The molecule has 50 heavy (non-hydrogen) atoms. The molecule has 1 N–H and O–H groups in total. The minimum atomic E-state index is -1.98. The standard InChI is InChI=1S/C33H26Cl2F2N8O5/c1-20(33(46,17-42-19-38-18-39-42)28-8-6-26(36)13-29(28)37)43-16-23-10-27(7-9-30(23)40-43)41(14-21-2-4-24(34)11-31(21)44(47)48)15-22-3-5-25(35)12-32(22)45(49)50/h2-13,16,18-20,46H,14-15,17H2,1H3/t20-,33-/m1/s1. The Labute approximate surface area is 292 Å². The van der Waals surface area contributed by atoms with Crippen molar-refractivity contribution in [3.8, 4) is 0 Å². The number of nitro benzene ring substituents is 2. The minimum Gasteiger partial charge on any atom is -0.381 e. The zero-order chi connectivity index (χ0) is 35.7. The van der Waals surface area contributed by atoms with Crippen LogP contribution in [0.1, 0.15) is 29.7 Å². The number of benzene rings is 4. The molecule has 2 atom stereocenters. The van der Waals surface area contributed by atoms with E-state index in [0.29, 0.717) is 33.8 Å². The molecule has 0 amide bonds. The van der Waals surface area contributed by atoms with Gasteiger partial charge in [-0.2, -0.15) is 10.2 Å². The SMILES string of the molecule is C[C@@H](n1cc2cc(N(Cc3ccc(Cl)cc3[N+](=O)[O-])Cc3ccc(Cl)cc3[N+](=O)[O-])ccc2n1)[C@](O)(Cn1cncn1)c1ccc(F)cc1F. The van der Waals surface area contributed by atoms with Gasteiger partial charge in [0.15, 0.2) is 0 Å². The molecule has 0 saturated carbocycles. The van der Waals surface area contributed by atoms with Gasteiger partial charge in [-0.25, -0.2) is 18.4 Å². The highest BCUT2D eigenvalue weighted by atomic mass is 35.5. The number of anilines is 1. The van der Waals surface area contributed by atoms with Crippen molar-refractivity contribution in [3.63, 3.8) is 0 Å². The number of nitrogens with zero attached hydrogens (tertiary/aromatic N) is 8. The zero-order valence-electron chi connectivity index (χ0n) is 26.0. The van der Waals surface area contributed by atoms with E-state index in [1.54, 1.807) is 36.2 Å². The number of aliphatic hydroxyl groups is 1. The van der Waals surface area contributed by atoms with Gasteiger partial charge < -0.3 is 10.0 Å². The summed E-state index contributed by atoms with van der Waals surface area (Å²) in [6.45, 7) is 1.31. The Morgan fingerprint density at radius 3 is 2.12 bits per heavy atom. The van der Waals surface area contributed by atoms with Crippen LogP contribution < -0.4 is 4.90 Å². The number of fused-ring (bicyclic) bond motifs is 1. The molecule has 17 heteroatoms. The van der Waals surface area contributed by atoms with Crippen molar-refractivity contribution in [1.29, 1.82) is 0 Å². The lowest BCUT2D eigenvalue weighted by Crippen LogP contribution is -2.40. The average molecular weight is 724 g/mol. The monoisotopic (exact) mass is 722 g/mol. The van der Waals surface area contributed by atoms with Crippen LogP contribution in [0.2, 0.25) is 10.0 Å². The number of rotatable bonds is 12. The van der Waals surface area contributed by atoms with Crippen molar-refractivity contribution in [2.24, 2.45) is 0 Å². The second-order valence-electron chi connectivity index (χ2n) is 11.6. The Hall–Kier alpha value is -5.51. The molecule has 6 rings (SSSR count). The third-order valence-corrected chi connectivity index (χ3v) is 8.91. The highest BCUT2D eigenvalue weighted by Crippen LogP contribution is 2.38. The fraction of sp³-hybridized carbons (Fsp3) is 0.182. The van der Waals surface area contributed by atoms with E-state index in [4.69, 9.17) is 23.2 Å². The van der Waals surface area contributed by atoms with E-state index < -0.39 is 33.1 Å². The summed E-state index contributed by atoms with van der Waals surface area (Å²) in [5.74, 6) is -1.77. The van der Waals surface area contributed by atoms with E-state index in [0.717, 1.165) is 6.07 Å². The molecule has 13 nitrogen and oxygen atoms in total. The Kier molecular flexibility index (Phi) is 9.47. The van der Waals surface area contributed by atoms with Crippen molar-refractivity contribution in [2.45, 2.75) is 38.2 Å². The molecule has 0 aliphatic heterocycles. The van der Waals surface area contributed by atoms with Gasteiger partial charge in [0.2, 0.25) is 0 Å². The molecule has 0 spiro atoms. The summed E-state index contributed by atoms with van der Waals surface area (Å²) in [6, 6.07) is 15.6. The van der Waals surface area contributed by atoms with Crippen LogP contribution in [0.15, 0.2) is 91.6 Å². The summed E-state index contributed by atoms with van der Waals surface area (Å²) in [4.78, 5) is 28.4. The van der Waals surface area contributed by atoms with Crippen LogP contribution in [0.25, 0.3) is 10.9 Å². The van der Waals surface area contributed by atoms with Crippen molar-refractivity contribution < 1.29 is 23.7 Å². The second-order valence-corrected chi connectivity index (χ2v) is 12.5. The Morgan fingerprint density at radius 1 is 0.920 bits per heavy atom. The lowest BCUT2D eigenvalue weighted by atomic mass is 9.86. The second kappa shape index (κ2) is 13.8. The van der Waals surface area contributed by atoms with E-state index in [9.17, 15) is 29.7 Å². The van der Waals surface area contributed by atoms with Crippen LogP contribution in [0.3, 0.4) is 0 Å². The quantitative estimate of drug-likeness (QED) is 0.100. The molecule has 0 fully saturated rings. The van der Waals surface area contributed by atoms with Gasteiger partial charge in [0.1, 0.15) is 29.9 Å². The normalized spacial score (nSPS) is 13.2. The third kappa shape index (κ3) is 6.96. The van der Waals surface area contributed by atoms with E-state index in [2.05, 4.69) is 15.2 Å². The molecule has 0 unspecified atom stereocenters. The molecule has 0 aliphatic rings. The predicted octanol–water partition coefficient (Wildman–Crippen LogP) is 7.39. The van der Waals surface area contributed by atoms with Gasteiger partial charge >= 0.3 is 0 Å². The summed E-state index contributed by atoms with van der Waals surface area (Å²) in [5.41, 5.74) is -0.990. The largest absolute Gasteiger partial charge is 0.381 e. The number of aromatic nitrogens is 5. The molecule has 4 aromatic carbocycles. The maximum atomic E-state index is 15.2. The van der Waals surface area contributed by atoms with Gasteiger partial charge in [-0.3, -0.25) is 24.9 Å². The molecule has 0 saturated heterocycles. The number of nitro groups is 2. The van der Waals surface area contributed by atoms with Gasteiger partial charge in [-0.05, 0) is 55.5 Å². The summed E-state index contributed by atoms with van der Waals surface area (Å²) in [6.07, 6.45) is 4.25. The molecule has 2 heterocycles. The molecule has 0 aliphatic carbocycles. The lowest BCUT2D eigenvalue weighted by Gasteiger charge is -2.34. The molecular weight excluding hydrogens is 697 g/mol. The van der Waals surface area contributed by atoms with Crippen molar-refractivity contribution in [3.05, 3.63) is 150 Å². The van der Waals surface area contributed by atoms with E-state index in [-0.39, 0.29) is 46.6 Å². The molecule has 256 valence electrons. The first-order valence-electron chi connectivity index (χ1n) is 14.9. The summed E-state index contributed by atoms with van der Waals surface area (Å²) in [5, 5.41) is 45.5. The predicted molar refractivity (Wildman–Crippen MR) is 181 cm³/mol. The van der Waals surface area contributed by atoms with Crippen LogP contribution in [0, 0.1) is 31.9 Å². The minimum absolute atomic E-state index is 0.0369. The van der Waals surface area contributed by atoms with Crippen molar-refractivity contribution in [2.75, 3.05) is 4.90 Å². The number of halogens is 4. The Morgan fingerprint density at radius 2 is 1.56 bits per heavy atom. The summed E-state index contributed by atoms with van der Waals surface area (Å²) < 4.78 is 31.8. The van der Waals surface area contributed by atoms with Crippen LogP contribution in [-0.4, -0.2) is 39.5 Å². The van der Waals surface area contributed by atoms with Crippen LogP contribution in [0.4, 0.5) is 25.8 Å². The first kappa shape index (κ1) is 34.4. The molecular formula is C33H26Cl2F2N8O5. The maximum Gasteiger partial charge on any atom is 0.275 e. The molecule has 0 radical (unpaired) electrons. The summed E-state index contributed by atoms with van der Waals surface area (Å²) in [7, 11) is 0. The third-order valence-electron chi connectivity index (χ3n) is 8.44. The van der Waals surface area contributed by atoms with Crippen molar-refractivity contribution in [1.82, 2.24) is 24.5 Å². The van der Waals surface area contributed by atoms with Gasteiger partial charge in [-0.15, -0.1) is 0 Å². The van der Waals surface area contributed by atoms with Crippen LogP contribution in [0.5, 0.6) is 0 Å². The molecule has 2 aromatic heterocycles. The smallest absolute Gasteiger partial charge is 0.275 e. The highest BCUT2D eigenvalue weighted by Gasteiger charge is 2.41. The topological polar surface area (TPSA) is 158 Å². The molecule has 0 bridgehead atoms. The van der Waals surface area contributed by atoms with Gasteiger partial charge in [0.25, 0.3) is 11.4 Å². The fourth-order valence-corrected chi connectivity index (χ4v) is 6.15. The van der Waals surface area contributed by atoms with Crippen LogP contribution >= 0.6 is 23.2 Å². The summed E-state index contributed by atoms with van der Waals surface area (Å²) >= 11 is 12.1. The highest BCUT2D eigenvalue weighted by molar-refractivity contribution is 6.31. The van der Waals surface area contributed by atoms with Gasteiger partial charge in [0.05, 0.1) is 41.0 Å². The Balaban J connectivity index is 1.42. The van der Waals surface area contributed by atoms with Gasteiger partial charge in [-0.1, -0.05) is 29.3 Å². The van der Waals surface area contributed by atoms with Crippen molar-refractivity contribution >= 4 is 51.2 Å². The maximum absolute atomic E-state index is 15.2. The van der Waals surface area contributed by atoms with E-state index >= 15 is 4.39 Å². The lowest BCUT2D eigenvalue weighted by molar-refractivity contribution is -0.385. The Bertz CT molecular complexity index is 2170. The zero-order valence-corrected chi connectivity index (χ0v) is 27.5. The first-order chi connectivity index (χ1) is 23.8. The van der Waals surface area contributed by atoms with Gasteiger partial charge in [0, 0.05) is 62.2 Å². The fourth-order valence-electron chi connectivity index (χ4n) is 5.82.